The van der Waals surface area contributed by atoms with Gasteiger partial charge in [-0.1, -0.05) is 18.2 Å². The number of carboxylic acids is 1. The van der Waals surface area contributed by atoms with Crippen LogP contribution in [0.25, 0.3) is 0 Å². The molecule has 1 aliphatic heterocycles. The predicted molar refractivity (Wildman–Crippen MR) is 79.5 cm³/mol. The number of carboxylic acid groups (broad SMARTS) is 1. The summed E-state index contributed by atoms with van der Waals surface area (Å²) >= 11 is 0. The smallest absolute Gasteiger partial charge is 0.320 e. The molecule has 0 saturated carbocycles. The number of benzene rings is 1. The molecule has 2 rings (SSSR count). The van der Waals surface area contributed by atoms with Crippen LogP contribution in [0.2, 0.25) is 0 Å². The van der Waals surface area contributed by atoms with Crippen molar-refractivity contribution >= 4 is 30.0 Å². The van der Waals surface area contributed by atoms with Gasteiger partial charge in [-0.3, -0.25) is 14.5 Å². The molecule has 1 atom stereocenters. The number of likely N-dealkylation sites (N-methyl/N-ethyl adjacent to an activating group) is 1. The van der Waals surface area contributed by atoms with Gasteiger partial charge in [0.1, 0.15) is 6.04 Å². The maximum atomic E-state index is 12.2. The number of amides is 1. The first kappa shape index (κ1) is 16.5. The number of hydrogen-bond donors (Lipinski definition) is 1. The third-order valence-corrected chi connectivity index (χ3v) is 3.59. The van der Waals surface area contributed by atoms with Crippen LogP contribution in [-0.2, 0) is 16.0 Å². The second kappa shape index (κ2) is 6.72. The Morgan fingerprint density at radius 3 is 2.70 bits per heavy atom. The van der Waals surface area contributed by atoms with Crippen molar-refractivity contribution in [1.82, 2.24) is 4.90 Å². The molecule has 1 heterocycles. The molecule has 1 amide bonds. The van der Waals surface area contributed by atoms with Gasteiger partial charge in [0, 0.05) is 12.2 Å². The summed E-state index contributed by atoms with van der Waals surface area (Å²) in [5, 5.41) is 8.92. The fraction of sp³-hybridized carbons (Fsp3) is 0.429. The lowest BCUT2D eigenvalue weighted by molar-refractivity contribution is -0.142. The number of nitrogens with zero attached hydrogens (tertiary/aromatic N) is 2. The molecular weight excluding hydrogens is 280 g/mol. The molecule has 110 valence electrons. The lowest BCUT2D eigenvalue weighted by Crippen LogP contribution is -2.44. The highest BCUT2D eigenvalue weighted by Crippen LogP contribution is 2.27. The monoisotopic (exact) mass is 298 g/mol. The van der Waals surface area contributed by atoms with Crippen LogP contribution in [0.1, 0.15) is 12.5 Å². The number of carbonyl (C=O) groups is 2. The van der Waals surface area contributed by atoms with E-state index in [1.165, 1.54) is 5.56 Å². The third-order valence-electron chi connectivity index (χ3n) is 3.59. The second-order valence-electron chi connectivity index (χ2n) is 4.85. The summed E-state index contributed by atoms with van der Waals surface area (Å²) in [4.78, 5) is 26.4. The molecule has 5 nitrogen and oxygen atoms in total. The molecular formula is C14H19ClN2O3. The molecule has 1 N–H and O–H groups in total. The van der Waals surface area contributed by atoms with Crippen LogP contribution in [-0.4, -0.2) is 48.1 Å². The van der Waals surface area contributed by atoms with Gasteiger partial charge in [-0.15, -0.1) is 12.4 Å². The van der Waals surface area contributed by atoms with Crippen molar-refractivity contribution in [2.45, 2.75) is 19.4 Å². The van der Waals surface area contributed by atoms with Crippen molar-refractivity contribution < 1.29 is 14.7 Å². The number of carbonyl (C=O) groups excluding carboxylic acids is 1. The molecule has 1 aromatic carbocycles. The largest absolute Gasteiger partial charge is 0.480 e. The van der Waals surface area contributed by atoms with E-state index in [0.717, 1.165) is 12.1 Å². The van der Waals surface area contributed by atoms with E-state index in [9.17, 15) is 9.59 Å². The summed E-state index contributed by atoms with van der Waals surface area (Å²) in [6.45, 7) is 2.36. The topological polar surface area (TPSA) is 60.9 Å². The fourth-order valence-corrected chi connectivity index (χ4v) is 2.22. The molecule has 0 aromatic heterocycles. The van der Waals surface area contributed by atoms with E-state index in [2.05, 4.69) is 0 Å². The van der Waals surface area contributed by atoms with Gasteiger partial charge < -0.3 is 10.0 Å². The summed E-state index contributed by atoms with van der Waals surface area (Å²) < 4.78 is 0. The van der Waals surface area contributed by atoms with E-state index in [-0.39, 0.29) is 24.9 Å². The molecule has 0 aliphatic carbocycles. The van der Waals surface area contributed by atoms with E-state index in [0.29, 0.717) is 6.54 Å². The fourth-order valence-electron chi connectivity index (χ4n) is 2.22. The van der Waals surface area contributed by atoms with Crippen molar-refractivity contribution in [3.05, 3.63) is 29.8 Å². The van der Waals surface area contributed by atoms with E-state index in [4.69, 9.17) is 5.11 Å². The number of aliphatic carboxylic acids is 1. The Bertz CT molecular complexity index is 507. The Morgan fingerprint density at radius 1 is 1.40 bits per heavy atom. The molecule has 0 bridgehead atoms. The summed E-state index contributed by atoms with van der Waals surface area (Å²) in [7, 11) is 1.65. The number of fused-ring (bicyclic) bond motifs is 1. The van der Waals surface area contributed by atoms with Crippen molar-refractivity contribution in [3.63, 3.8) is 0 Å². The molecule has 1 aromatic rings. The first-order chi connectivity index (χ1) is 9.00. The van der Waals surface area contributed by atoms with Gasteiger partial charge in [0.25, 0.3) is 0 Å². The number of para-hydroxylation sites is 1. The quantitative estimate of drug-likeness (QED) is 0.913. The minimum atomic E-state index is -0.919. The Balaban J connectivity index is 0.00000200. The first-order valence-electron chi connectivity index (χ1n) is 6.32. The highest BCUT2D eigenvalue weighted by Gasteiger charge is 2.27. The maximum Gasteiger partial charge on any atom is 0.320 e. The summed E-state index contributed by atoms with van der Waals surface area (Å²) in [5.74, 6) is -0.974. The molecule has 0 saturated heterocycles. The summed E-state index contributed by atoms with van der Waals surface area (Å²) in [6.07, 6.45) is 0.861. The minimum Gasteiger partial charge on any atom is -0.480 e. The van der Waals surface area contributed by atoms with E-state index < -0.39 is 12.0 Å². The Hall–Kier alpha value is -1.59. The zero-order valence-electron chi connectivity index (χ0n) is 11.6. The van der Waals surface area contributed by atoms with Gasteiger partial charge in [0.15, 0.2) is 0 Å². The molecule has 0 radical (unpaired) electrons. The first-order valence-corrected chi connectivity index (χ1v) is 6.32. The zero-order chi connectivity index (χ0) is 14.0. The van der Waals surface area contributed by atoms with Crippen molar-refractivity contribution in [1.29, 1.82) is 0 Å². The van der Waals surface area contributed by atoms with Gasteiger partial charge >= 0.3 is 5.97 Å². The van der Waals surface area contributed by atoms with E-state index in [1.807, 2.05) is 24.3 Å². The Morgan fingerprint density at radius 2 is 2.05 bits per heavy atom. The molecule has 0 spiro atoms. The Kier molecular flexibility index (Phi) is 5.53. The van der Waals surface area contributed by atoms with Crippen LogP contribution >= 0.6 is 12.4 Å². The summed E-state index contributed by atoms with van der Waals surface area (Å²) in [5.41, 5.74) is 2.12. The third kappa shape index (κ3) is 3.29. The standard InChI is InChI=1S/C14H18N2O3.ClH/c1-10(14(18)19)15(2)9-13(17)16-8-7-11-5-3-4-6-12(11)16;/h3-6,10H,7-9H2,1-2H3,(H,18,19);1H. The Labute approximate surface area is 124 Å². The number of rotatable bonds is 4. The molecule has 1 unspecified atom stereocenters. The van der Waals surface area contributed by atoms with Crippen molar-refractivity contribution in [3.8, 4) is 0 Å². The SMILES string of the molecule is CC(C(=O)O)N(C)CC(=O)N1CCc2ccccc21.Cl. The lowest BCUT2D eigenvalue weighted by Gasteiger charge is -2.24. The summed E-state index contributed by atoms with van der Waals surface area (Å²) in [6, 6.07) is 7.16. The van der Waals surface area contributed by atoms with Gasteiger partial charge in [0.05, 0.1) is 6.54 Å². The molecule has 6 heteroatoms. The minimum absolute atomic E-state index is 0. The van der Waals surface area contributed by atoms with Crippen LogP contribution in [0.5, 0.6) is 0 Å². The van der Waals surface area contributed by atoms with Crippen LogP contribution in [0.3, 0.4) is 0 Å². The van der Waals surface area contributed by atoms with Crippen LogP contribution in [0.15, 0.2) is 24.3 Å². The van der Waals surface area contributed by atoms with Crippen molar-refractivity contribution in [2.24, 2.45) is 0 Å². The second-order valence-corrected chi connectivity index (χ2v) is 4.85. The van der Waals surface area contributed by atoms with Gasteiger partial charge in [-0.25, -0.2) is 0 Å². The van der Waals surface area contributed by atoms with Crippen LogP contribution < -0.4 is 4.90 Å². The van der Waals surface area contributed by atoms with E-state index >= 15 is 0 Å². The van der Waals surface area contributed by atoms with Gasteiger partial charge in [-0.05, 0) is 32.0 Å². The number of hydrogen-bond acceptors (Lipinski definition) is 3. The highest BCUT2D eigenvalue weighted by atomic mass is 35.5. The van der Waals surface area contributed by atoms with Crippen LogP contribution in [0, 0.1) is 0 Å². The molecule has 0 fully saturated rings. The zero-order valence-corrected chi connectivity index (χ0v) is 12.4. The average Bonchev–Trinajstić information content (AvgIpc) is 2.81. The predicted octanol–water partition coefficient (Wildman–Crippen LogP) is 1.40. The van der Waals surface area contributed by atoms with Crippen molar-refractivity contribution in [2.75, 3.05) is 25.0 Å². The van der Waals surface area contributed by atoms with Crippen LogP contribution in [0.4, 0.5) is 5.69 Å². The maximum absolute atomic E-state index is 12.2. The lowest BCUT2D eigenvalue weighted by atomic mass is 10.2. The molecule has 20 heavy (non-hydrogen) atoms. The highest BCUT2D eigenvalue weighted by molar-refractivity contribution is 5.97. The molecule has 1 aliphatic rings. The van der Waals surface area contributed by atoms with Gasteiger partial charge in [0.2, 0.25) is 5.91 Å². The number of anilines is 1. The number of halogens is 1. The normalized spacial score (nSPS) is 14.7. The average molecular weight is 299 g/mol. The van der Waals surface area contributed by atoms with Gasteiger partial charge in [-0.2, -0.15) is 0 Å². The van der Waals surface area contributed by atoms with E-state index in [1.54, 1.807) is 23.8 Å².